The van der Waals surface area contributed by atoms with Gasteiger partial charge in [-0.25, -0.2) is 4.57 Å². The highest BCUT2D eigenvalue weighted by Crippen LogP contribution is 2.48. The van der Waals surface area contributed by atoms with Crippen molar-refractivity contribution in [1.82, 2.24) is 4.90 Å². The van der Waals surface area contributed by atoms with Crippen LogP contribution in [0.25, 0.3) is 33.7 Å². The van der Waals surface area contributed by atoms with Crippen LogP contribution in [0.3, 0.4) is 0 Å². The van der Waals surface area contributed by atoms with Gasteiger partial charge in [-0.1, -0.05) is 60.7 Å². The van der Waals surface area contributed by atoms with Gasteiger partial charge in [0.1, 0.15) is 23.9 Å². The van der Waals surface area contributed by atoms with Crippen molar-refractivity contribution in [2.24, 2.45) is 0 Å². The predicted octanol–water partition coefficient (Wildman–Crippen LogP) is 5.46. The Bertz CT molecular complexity index is 2960. The van der Waals surface area contributed by atoms with Crippen molar-refractivity contribution >= 4 is 93.9 Å². The lowest BCUT2D eigenvalue weighted by Gasteiger charge is -2.18. The van der Waals surface area contributed by atoms with Crippen LogP contribution in [0, 0.1) is 0 Å². The molecular weight excluding hydrogens is 893 g/mol. The lowest BCUT2D eigenvalue weighted by molar-refractivity contribution is -0.137. The van der Waals surface area contributed by atoms with E-state index in [-0.39, 0.29) is 49.8 Å². The fourth-order valence-electron chi connectivity index (χ4n) is 8.52. The molecule has 3 heterocycles. The van der Waals surface area contributed by atoms with Gasteiger partial charge >= 0.3 is 7.82 Å². The van der Waals surface area contributed by atoms with E-state index >= 15 is 0 Å². The third-order valence-corrected chi connectivity index (χ3v) is 12.6. The first-order chi connectivity index (χ1) is 31.8. The molecule has 5 aromatic carbocycles. The van der Waals surface area contributed by atoms with E-state index in [1.165, 1.54) is 35.3 Å². The summed E-state index contributed by atoms with van der Waals surface area (Å²) >= 11 is 6.47. The maximum atomic E-state index is 14.0. The number of Topliss-reactive ketones (excluding diaryl/α,β-unsaturated/α-hetero) is 1. The number of carbonyl (C=O) groups is 5. The molecule has 0 spiro atoms. The SMILES string of the molecule is O=C1C(O)C1Oc1cc2c(c3ccccc13)C(CCl)CN2C(=O)C=Cc1ccc(C=CC(=O)N2CCc3c2cc(OP(=O)(O)O)c2ccccc32)c(OCCOCCN2C(=O)C=CC2=O)c1. The van der Waals surface area contributed by atoms with Gasteiger partial charge in [0.05, 0.1) is 31.1 Å². The van der Waals surface area contributed by atoms with Crippen molar-refractivity contribution in [2.45, 2.75) is 24.5 Å². The fourth-order valence-corrected chi connectivity index (χ4v) is 9.18. The quantitative estimate of drug-likeness (QED) is 0.0370. The molecule has 0 bridgehead atoms. The van der Waals surface area contributed by atoms with Gasteiger partial charge in [-0.15, -0.1) is 11.6 Å². The summed E-state index contributed by atoms with van der Waals surface area (Å²) < 4.78 is 34.7. The number of hydrogen-bond donors (Lipinski definition) is 3. The number of hydrogen-bond acceptors (Lipinski definition) is 11. The lowest BCUT2D eigenvalue weighted by atomic mass is 9.95. The molecule has 1 fully saturated rings. The number of fused-ring (bicyclic) bond motifs is 6. The number of halogens is 1. The van der Waals surface area contributed by atoms with Crippen LogP contribution in [-0.4, -0.2) is 107 Å². The summed E-state index contributed by atoms with van der Waals surface area (Å²) in [5.41, 5.74) is 3.84. The number of imide groups is 1. The standard InChI is InChI=1S/C48H41ClN3O13P/c49-26-30-27-52(37-25-39(64-48-46(57)47(48)58)34-7-3-4-8-35(34)45(30)37)44(56)13-10-28-9-11-29(38(23-28)63-22-21-62-20-19-51-42(54)15-16-43(51)55)12-14-41(53)50-18-17-32-31-5-1-2-6-33(31)40(24-36(32)50)65-66(59,60)61/h1-16,23-25,30,46,48,57H,17-22,26-27H2,(H2,59,60,61). The molecular formula is C48H41ClN3O13P. The van der Waals surface area contributed by atoms with Crippen molar-refractivity contribution < 1.29 is 62.2 Å². The van der Waals surface area contributed by atoms with Gasteiger partial charge in [0, 0.05) is 77.7 Å². The summed E-state index contributed by atoms with van der Waals surface area (Å²) in [6.07, 6.45) is 6.69. The van der Waals surface area contributed by atoms with Crippen LogP contribution >= 0.6 is 19.4 Å². The number of benzene rings is 5. The van der Waals surface area contributed by atoms with Gasteiger partial charge in [0.15, 0.2) is 12.2 Å². The van der Waals surface area contributed by atoms with Gasteiger partial charge in [-0.2, -0.15) is 0 Å². The smallest absolute Gasteiger partial charge is 0.491 e. The number of aliphatic hydroxyl groups excluding tert-OH is 1. The second kappa shape index (κ2) is 18.3. The second-order valence-corrected chi connectivity index (χ2v) is 17.3. The van der Waals surface area contributed by atoms with Crippen molar-refractivity contribution in [3.8, 4) is 17.2 Å². The Morgan fingerprint density at radius 1 is 0.773 bits per heavy atom. The third-order valence-electron chi connectivity index (χ3n) is 11.7. The lowest BCUT2D eigenvalue weighted by Crippen LogP contribution is -2.33. The van der Waals surface area contributed by atoms with E-state index in [1.54, 1.807) is 59.5 Å². The van der Waals surface area contributed by atoms with Crippen molar-refractivity contribution in [3.63, 3.8) is 0 Å². The number of phosphoric ester groups is 1. The average molecular weight is 934 g/mol. The van der Waals surface area contributed by atoms with Crippen LogP contribution in [0.15, 0.2) is 103 Å². The van der Waals surface area contributed by atoms with Gasteiger partial charge in [0.25, 0.3) is 23.6 Å². The number of carbonyl (C=O) groups excluding carboxylic acids is 5. The van der Waals surface area contributed by atoms with E-state index in [9.17, 15) is 43.4 Å². The Morgan fingerprint density at radius 3 is 2.12 bits per heavy atom. The summed E-state index contributed by atoms with van der Waals surface area (Å²) in [6, 6.07) is 22.8. The Balaban J connectivity index is 0.956. The molecule has 4 aliphatic rings. The van der Waals surface area contributed by atoms with Gasteiger partial charge in [0.2, 0.25) is 5.78 Å². The molecule has 1 saturated carbocycles. The predicted molar refractivity (Wildman–Crippen MR) is 245 cm³/mol. The molecule has 0 saturated heterocycles. The zero-order valence-electron chi connectivity index (χ0n) is 34.9. The first kappa shape index (κ1) is 44.5. The molecule has 5 aromatic rings. The summed E-state index contributed by atoms with van der Waals surface area (Å²) in [5.74, 6) is -1.30. The maximum Gasteiger partial charge on any atom is 0.524 e. The molecule has 16 nitrogen and oxygen atoms in total. The number of alkyl halides is 1. The molecule has 66 heavy (non-hydrogen) atoms. The molecule has 338 valence electrons. The summed E-state index contributed by atoms with van der Waals surface area (Å²) in [5, 5.41) is 12.7. The number of ether oxygens (including phenoxy) is 3. The number of anilines is 2. The van der Waals surface area contributed by atoms with E-state index in [0.29, 0.717) is 64.3 Å². The molecule has 0 aromatic heterocycles. The Kier molecular flexibility index (Phi) is 12.4. The largest absolute Gasteiger partial charge is 0.524 e. The third kappa shape index (κ3) is 8.99. The van der Waals surface area contributed by atoms with E-state index in [4.69, 9.17) is 30.3 Å². The highest BCUT2D eigenvalue weighted by atomic mass is 35.5. The minimum Gasteiger partial charge on any atom is -0.491 e. The minimum atomic E-state index is -4.92. The molecule has 18 heteroatoms. The second-order valence-electron chi connectivity index (χ2n) is 15.9. The van der Waals surface area contributed by atoms with Crippen molar-refractivity contribution in [2.75, 3.05) is 55.1 Å². The first-order valence-electron chi connectivity index (χ1n) is 21.0. The van der Waals surface area contributed by atoms with Crippen LogP contribution < -0.4 is 23.8 Å². The number of amides is 4. The van der Waals surface area contributed by atoms with E-state index < -0.39 is 43.5 Å². The Labute approximate surface area is 382 Å². The normalized spacial score (nSPS) is 18.9. The van der Waals surface area contributed by atoms with E-state index in [2.05, 4.69) is 0 Å². The van der Waals surface area contributed by atoms with Gasteiger partial charge in [-0.05, 0) is 52.1 Å². The van der Waals surface area contributed by atoms with Crippen LogP contribution in [0.2, 0.25) is 0 Å². The molecule has 0 radical (unpaired) electrons. The topological polar surface area (TPSA) is 210 Å². The Hall–Kier alpha value is -6.65. The maximum absolute atomic E-state index is 14.0. The van der Waals surface area contributed by atoms with Crippen LogP contribution in [0.5, 0.6) is 17.2 Å². The Morgan fingerprint density at radius 2 is 1.42 bits per heavy atom. The molecule has 3 N–H and O–H groups in total. The monoisotopic (exact) mass is 933 g/mol. The molecule has 4 amide bonds. The number of ketones is 1. The van der Waals surface area contributed by atoms with E-state index in [1.807, 2.05) is 30.3 Å². The van der Waals surface area contributed by atoms with Gasteiger partial charge < -0.3 is 33.6 Å². The minimum absolute atomic E-state index is 0.0438. The van der Waals surface area contributed by atoms with Crippen LogP contribution in [0.4, 0.5) is 11.4 Å². The highest BCUT2D eigenvalue weighted by Gasteiger charge is 2.51. The summed E-state index contributed by atoms with van der Waals surface area (Å²) in [4.78, 5) is 87.1. The van der Waals surface area contributed by atoms with Crippen molar-refractivity contribution in [3.05, 3.63) is 125 Å². The van der Waals surface area contributed by atoms with E-state index in [0.717, 1.165) is 26.8 Å². The summed E-state index contributed by atoms with van der Waals surface area (Å²) in [7, 11) is -4.92. The molecule has 1 aliphatic carbocycles. The number of aliphatic hydroxyl groups is 1. The number of nitrogens with zero attached hydrogens (tertiary/aromatic N) is 3. The number of phosphoric acid groups is 1. The average Bonchev–Trinajstić information content (AvgIpc) is 3.70. The molecule has 3 aliphatic heterocycles. The summed E-state index contributed by atoms with van der Waals surface area (Å²) in [6.45, 7) is 0.883. The van der Waals surface area contributed by atoms with Crippen molar-refractivity contribution in [1.29, 1.82) is 0 Å². The van der Waals surface area contributed by atoms with Crippen LogP contribution in [0.1, 0.15) is 28.2 Å². The molecule has 3 atom stereocenters. The van der Waals surface area contributed by atoms with Crippen LogP contribution in [-0.2, 0) is 39.7 Å². The molecule has 3 unspecified atom stereocenters. The zero-order valence-corrected chi connectivity index (χ0v) is 36.6. The first-order valence-corrected chi connectivity index (χ1v) is 23.0. The number of rotatable bonds is 16. The highest BCUT2D eigenvalue weighted by molar-refractivity contribution is 7.46. The molecule has 9 rings (SSSR count). The van der Waals surface area contributed by atoms with Gasteiger partial charge in [-0.3, -0.25) is 38.7 Å². The zero-order chi connectivity index (χ0) is 46.3. The fraction of sp³-hybridized carbons (Fsp3) is 0.229.